The van der Waals surface area contributed by atoms with Crippen molar-refractivity contribution < 1.29 is 38.3 Å². The molecular weight excluding hydrogens is 467 g/mol. The average Bonchev–Trinajstić information content (AvgIpc) is 2.62. The molecule has 28 heavy (non-hydrogen) atoms. The molecule has 1 aromatic heterocycles. The molecule has 0 aliphatic heterocycles. The standard InChI is InChI=1S/C14H24NO8P3S2/c16-14(17)4-6-24(18,19)7-8-25(20,21)9-10-26(22,23)11-12-27-28-13-3-1-2-5-15-13/h1-3,5H,4,6-12H2,(H,16,17)(H,18,19)(H,20,21)(H,22,23). The lowest BCUT2D eigenvalue weighted by atomic mass is 10.5. The number of carboxylic acids is 1. The molecule has 1 rings (SSSR count). The average molecular weight is 491 g/mol. The van der Waals surface area contributed by atoms with Gasteiger partial charge in [-0.1, -0.05) is 16.9 Å². The first-order chi connectivity index (χ1) is 12.9. The molecule has 3 atom stereocenters. The highest BCUT2D eigenvalue weighted by molar-refractivity contribution is 8.76. The predicted octanol–water partition coefficient (Wildman–Crippen LogP) is 3.11. The fourth-order valence-corrected chi connectivity index (χ4v) is 11.6. The third-order valence-corrected chi connectivity index (χ3v) is 12.4. The van der Waals surface area contributed by atoms with Crippen molar-refractivity contribution >= 4 is 49.7 Å². The van der Waals surface area contributed by atoms with E-state index in [1.54, 1.807) is 12.3 Å². The normalized spacial score (nSPS) is 18.0. The summed E-state index contributed by atoms with van der Waals surface area (Å²) in [6, 6.07) is 5.43. The largest absolute Gasteiger partial charge is 0.481 e. The minimum absolute atomic E-state index is 0.0192. The Kier molecular flexibility index (Phi) is 11.0. The lowest BCUT2D eigenvalue weighted by Crippen LogP contribution is -2.08. The van der Waals surface area contributed by atoms with Gasteiger partial charge in [0, 0.05) is 48.9 Å². The molecule has 0 saturated heterocycles. The second-order valence-corrected chi connectivity index (χ2v) is 16.3. The van der Waals surface area contributed by atoms with E-state index in [2.05, 4.69) is 4.98 Å². The number of hydrogen-bond donors (Lipinski definition) is 4. The van der Waals surface area contributed by atoms with Gasteiger partial charge >= 0.3 is 5.97 Å². The van der Waals surface area contributed by atoms with Crippen molar-refractivity contribution in [2.75, 3.05) is 42.7 Å². The number of carbonyl (C=O) groups is 1. The zero-order chi connectivity index (χ0) is 21.3. The van der Waals surface area contributed by atoms with Gasteiger partial charge < -0.3 is 19.8 Å². The van der Waals surface area contributed by atoms with Crippen molar-refractivity contribution in [3.63, 3.8) is 0 Å². The van der Waals surface area contributed by atoms with Gasteiger partial charge in [0.25, 0.3) is 0 Å². The Hall–Kier alpha value is -0.110. The Balaban J connectivity index is 2.34. The molecule has 0 fully saturated rings. The highest BCUT2D eigenvalue weighted by atomic mass is 33.1. The molecule has 0 radical (unpaired) electrons. The maximum Gasteiger partial charge on any atom is 0.303 e. The Morgan fingerprint density at radius 3 is 1.93 bits per heavy atom. The van der Waals surface area contributed by atoms with Crippen molar-refractivity contribution in [1.29, 1.82) is 0 Å². The number of rotatable bonds is 14. The van der Waals surface area contributed by atoms with Crippen molar-refractivity contribution in [1.82, 2.24) is 4.98 Å². The van der Waals surface area contributed by atoms with E-state index in [9.17, 15) is 33.2 Å². The Morgan fingerprint density at radius 2 is 1.43 bits per heavy atom. The van der Waals surface area contributed by atoms with Crippen LogP contribution in [0.3, 0.4) is 0 Å². The van der Waals surface area contributed by atoms with Crippen LogP contribution in [0.15, 0.2) is 29.4 Å². The lowest BCUT2D eigenvalue weighted by Gasteiger charge is -2.17. The molecular formula is C14H24NO8P3S2. The van der Waals surface area contributed by atoms with Gasteiger partial charge in [0.05, 0.1) is 6.42 Å². The molecule has 0 spiro atoms. The van der Waals surface area contributed by atoms with E-state index in [0.29, 0.717) is 5.75 Å². The number of nitrogens with zero attached hydrogens (tertiary/aromatic N) is 1. The second kappa shape index (κ2) is 11.9. The summed E-state index contributed by atoms with van der Waals surface area (Å²) in [7, 11) is -8.53. The van der Waals surface area contributed by atoms with Gasteiger partial charge in [0.15, 0.2) is 0 Å². The van der Waals surface area contributed by atoms with Crippen LogP contribution in [0, 0.1) is 0 Å². The topological polar surface area (TPSA) is 162 Å². The minimum atomic E-state index is -3.85. The molecule has 0 aromatic carbocycles. The van der Waals surface area contributed by atoms with Gasteiger partial charge in [-0.15, -0.1) is 0 Å². The van der Waals surface area contributed by atoms with E-state index >= 15 is 0 Å². The SMILES string of the molecule is O=C(O)CCP(=O)(O)CCP(=O)(O)CCP(=O)(O)CCSSc1ccccn1. The highest BCUT2D eigenvalue weighted by Crippen LogP contribution is 2.52. The van der Waals surface area contributed by atoms with Crippen molar-refractivity contribution in [2.45, 2.75) is 11.4 Å². The number of aliphatic carboxylic acids is 1. The van der Waals surface area contributed by atoms with E-state index in [-0.39, 0.29) is 12.3 Å². The summed E-state index contributed by atoms with van der Waals surface area (Å²) in [5, 5.41) is 9.30. The van der Waals surface area contributed by atoms with Crippen LogP contribution in [0.5, 0.6) is 0 Å². The summed E-state index contributed by atoms with van der Waals surface area (Å²) in [6.07, 6.45) is -1.07. The maximum atomic E-state index is 12.2. The van der Waals surface area contributed by atoms with Crippen LogP contribution in [0.1, 0.15) is 6.42 Å². The second-order valence-electron chi connectivity index (χ2n) is 6.10. The van der Waals surface area contributed by atoms with Gasteiger partial charge in [0.2, 0.25) is 22.1 Å². The third-order valence-electron chi connectivity index (χ3n) is 3.58. The van der Waals surface area contributed by atoms with Crippen LogP contribution in [0.2, 0.25) is 0 Å². The number of carboxylic acid groups (broad SMARTS) is 1. The number of pyridine rings is 1. The molecule has 14 heteroatoms. The zero-order valence-corrected chi connectivity index (χ0v) is 19.3. The van der Waals surface area contributed by atoms with E-state index in [4.69, 9.17) is 5.11 Å². The minimum Gasteiger partial charge on any atom is -0.481 e. The predicted molar refractivity (Wildman–Crippen MR) is 113 cm³/mol. The van der Waals surface area contributed by atoms with Crippen LogP contribution in [0.4, 0.5) is 0 Å². The number of aromatic nitrogens is 1. The summed E-state index contributed by atoms with van der Waals surface area (Å²) >= 11 is 0. The van der Waals surface area contributed by atoms with Crippen molar-refractivity contribution in [3.05, 3.63) is 24.4 Å². The van der Waals surface area contributed by atoms with Crippen LogP contribution in [0.25, 0.3) is 0 Å². The Labute approximate surface area is 171 Å². The van der Waals surface area contributed by atoms with Gasteiger partial charge in [0.1, 0.15) is 5.03 Å². The first-order valence-electron chi connectivity index (χ1n) is 8.26. The fraction of sp³-hybridized carbons (Fsp3) is 0.571. The maximum absolute atomic E-state index is 12.2. The monoisotopic (exact) mass is 491 g/mol. The molecule has 0 aliphatic carbocycles. The fourth-order valence-electron chi connectivity index (χ4n) is 1.91. The molecule has 1 aromatic rings. The van der Waals surface area contributed by atoms with E-state index in [0.717, 1.165) is 5.03 Å². The van der Waals surface area contributed by atoms with E-state index in [1.807, 2.05) is 12.1 Å². The van der Waals surface area contributed by atoms with E-state index < -0.39 is 59.1 Å². The molecule has 0 amide bonds. The summed E-state index contributed by atoms with van der Waals surface area (Å²) in [4.78, 5) is 44.1. The van der Waals surface area contributed by atoms with Crippen molar-refractivity contribution in [2.24, 2.45) is 0 Å². The van der Waals surface area contributed by atoms with Crippen LogP contribution in [-0.4, -0.2) is 73.5 Å². The summed E-state index contributed by atoms with van der Waals surface area (Å²) in [6.45, 7) is 0. The molecule has 4 N–H and O–H groups in total. The summed E-state index contributed by atoms with van der Waals surface area (Å²) < 4.78 is 36.1. The zero-order valence-electron chi connectivity index (χ0n) is 15.0. The summed E-state index contributed by atoms with van der Waals surface area (Å²) in [5.41, 5.74) is 0. The van der Waals surface area contributed by atoms with Crippen molar-refractivity contribution in [3.8, 4) is 0 Å². The quantitative estimate of drug-likeness (QED) is 0.172. The Bertz CT molecular complexity index is 779. The van der Waals surface area contributed by atoms with Gasteiger partial charge in [-0.2, -0.15) is 0 Å². The lowest BCUT2D eigenvalue weighted by molar-refractivity contribution is -0.136. The first-order valence-corrected chi connectivity index (χ1v) is 16.7. The Morgan fingerprint density at radius 1 is 0.893 bits per heavy atom. The van der Waals surface area contributed by atoms with Gasteiger partial charge in [-0.25, -0.2) is 4.98 Å². The first kappa shape index (κ1) is 25.9. The molecule has 0 aliphatic rings. The molecule has 160 valence electrons. The van der Waals surface area contributed by atoms with Gasteiger partial charge in [-0.3, -0.25) is 18.5 Å². The smallest absolute Gasteiger partial charge is 0.303 e. The highest BCUT2D eigenvalue weighted by Gasteiger charge is 2.29. The molecule has 0 bridgehead atoms. The molecule has 3 unspecified atom stereocenters. The van der Waals surface area contributed by atoms with Gasteiger partial charge in [-0.05, 0) is 22.9 Å². The van der Waals surface area contributed by atoms with E-state index in [1.165, 1.54) is 21.6 Å². The molecule has 1 heterocycles. The molecule has 9 nitrogen and oxygen atoms in total. The van der Waals surface area contributed by atoms with Crippen LogP contribution < -0.4 is 0 Å². The summed E-state index contributed by atoms with van der Waals surface area (Å²) in [5.74, 6) is -0.854. The van der Waals surface area contributed by atoms with Crippen LogP contribution in [-0.2, 0) is 18.5 Å². The molecule has 0 saturated carbocycles. The van der Waals surface area contributed by atoms with Crippen LogP contribution >= 0.6 is 43.7 Å². The third kappa shape index (κ3) is 12.5. The number of hydrogen-bond acceptors (Lipinski definition) is 7.